The molecule has 1 aromatic rings. The van der Waals surface area contributed by atoms with Crippen LogP contribution in [0.3, 0.4) is 0 Å². The van der Waals surface area contributed by atoms with E-state index in [9.17, 15) is 5.11 Å². The topological polar surface area (TPSA) is 38.0 Å². The van der Waals surface area contributed by atoms with Crippen LogP contribution in [0, 0.1) is 0 Å². The third kappa shape index (κ3) is 1.53. The molecule has 1 fully saturated rings. The highest BCUT2D eigenvalue weighted by atomic mass is 79.9. The summed E-state index contributed by atoms with van der Waals surface area (Å²) in [5.74, 6) is 0.266. The zero-order chi connectivity index (χ0) is 9.42. The van der Waals surface area contributed by atoms with Gasteiger partial charge in [-0.05, 0) is 28.8 Å². The number of aliphatic hydroxyl groups is 1. The molecule has 0 bridgehead atoms. The third-order valence-electron chi connectivity index (χ3n) is 2.77. The Kier molecular flexibility index (Phi) is 2.43. The first-order valence-electron chi connectivity index (χ1n) is 4.55. The molecule has 1 saturated carbocycles. The van der Waals surface area contributed by atoms with Gasteiger partial charge in [0.25, 0.3) is 0 Å². The van der Waals surface area contributed by atoms with Crippen molar-refractivity contribution < 1.29 is 5.11 Å². The molecule has 1 heterocycles. The van der Waals surface area contributed by atoms with Gasteiger partial charge in [0.2, 0.25) is 0 Å². The maximum absolute atomic E-state index is 9.75. The minimum Gasteiger partial charge on any atom is -0.392 e. The van der Waals surface area contributed by atoms with Gasteiger partial charge in [-0.25, -0.2) is 0 Å². The lowest BCUT2D eigenvalue weighted by Gasteiger charge is -2.15. The van der Waals surface area contributed by atoms with E-state index in [0.717, 1.165) is 29.4 Å². The molecule has 2 rings (SSSR count). The number of hydrogen-bond acceptors (Lipinski definition) is 2. The Morgan fingerprint density at radius 1 is 1.62 bits per heavy atom. The van der Waals surface area contributed by atoms with E-state index in [1.165, 1.54) is 0 Å². The van der Waals surface area contributed by atoms with E-state index < -0.39 is 0 Å². The lowest BCUT2D eigenvalue weighted by atomic mass is 10.0. The normalized spacial score (nSPS) is 28.2. The molecule has 0 aliphatic heterocycles. The van der Waals surface area contributed by atoms with Crippen LogP contribution in [0.5, 0.6) is 0 Å². The largest absolute Gasteiger partial charge is 0.392 e. The highest BCUT2D eigenvalue weighted by Gasteiger charge is 2.30. The molecular formula is C9H13BrN2O. The lowest BCUT2D eigenvalue weighted by molar-refractivity contribution is 0.160. The molecule has 1 aliphatic carbocycles. The van der Waals surface area contributed by atoms with Crippen molar-refractivity contribution in [2.45, 2.75) is 31.3 Å². The van der Waals surface area contributed by atoms with Gasteiger partial charge in [0, 0.05) is 13.0 Å². The zero-order valence-corrected chi connectivity index (χ0v) is 9.16. The Bertz CT molecular complexity index is 291. The molecule has 0 spiro atoms. The molecule has 2 atom stereocenters. The SMILES string of the molecule is Cn1ncc(Br)c1C1CCCC1O. The third-order valence-corrected chi connectivity index (χ3v) is 3.38. The van der Waals surface area contributed by atoms with Crippen molar-refractivity contribution in [3.63, 3.8) is 0 Å². The molecule has 2 unspecified atom stereocenters. The number of aromatic nitrogens is 2. The zero-order valence-electron chi connectivity index (χ0n) is 7.57. The summed E-state index contributed by atoms with van der Waals surface area (Å²) in [4.78, 5) is 0. The summed E-state index contributed by atoms with van der Waals surface area (Å²) in [6, 6.07) is 0. The molecule has 4 heteroatoms. The Labute approximate surface area is 85.9 Å². The first kappa shape index (κ1) is 9.21. The van der Waals surface area contributed by atoms with Crippen molar-refractivity contribution in [1.29, 1.82) is 0 Å². The van der Waals surface area contributed by atoms with E-state index in [1.807, 2.05) is 11.7 Å². The van der Waals surface area contributed by atoms with E-state index in [1.54, 1.807) is 6.20 Å². The number of nitrogens with zero attached hydrogens (tertiary/aromatic N) is 2. The molecule has 13 heavy (non-hydrogen) atoms. The predicted molar refractivity (Wildman–Crippen MR) is 53.5 cm³/mol. The van der Waals surface area contributed by atoms with Crippen LogP contribution in [-0.2, 0) is 7.05 Å². The van der Waals surface area contributed by atoms with E-state index >= 15 is 0 Å². The minimum absolute atomic E-state index is 0.188. The summed E-state index contributed by atoms with van der Waals surface area (Å²) in [5.41, 5.74) is 1.13. The number of aliphatic hydroxyl groups excluding tert-OH is 1. The average Bonchev–Trinajstić information content (AvgIpc) is 2.60. The van der Waals surface area contributed by atoms with Crippen LogP contribution in [0.4, 0.5) is 0 Å². The number of rotatable bonds is 1. The number of hydrogen-bond donors (Lipinski definition) is 1. The van der Waals surface area contributed by atoms with Crippen LogP contribution in [-0.4, -0.2) is 21.0 Å². The fraction of sp³-hybridized carbons (Fsp3) is 0.667. The van der Waals surface area contributed by atoms with Gasteiger partial charge in [0.05, 0.1) is 22.5 Å². The fourth-order valence-corrected chi connectivity index (χ4v) is 2.74. The van der Waals surface area contributed by atoms with E-state index in [0.29, 0.717) is 0 Å². The van der Waals surface area contributed by atoms with E-state index in [4.69, 9.17) is 0 Å². The molecule has 0 radical (unpaired) electrons. The maximum atomic E-state index is 9.75. The van der Waals surface area contributed by atoms with E-state index in [-0.39, 0.29) is 12.0 Å². The quantitative estimate of drug-likeness (QED) is 0.819. The van der Waals surface area contributed by atoms with Gasteiger partial charge in [-0.15, -0.1) is 0 Å². The Morgan fingerprint density at radius 2 is 2.38 bits per heavy atom. The van der Waals surface area contributed by atoms with Crippen molar-refractivity contribution in [1.82, 2.24) is 9.78 Å². The van der Waals surface area contributed by atoms with Crippen molar-refractivity contribution in [3.05, 3.63) is 16.4 Å². The summed E-state index contributed by atoms with van der Waals surface area (Å²) in [6.45, 7) is 0. The monoisotopic (exact) mass is 244 g/mol. The van der Waals surface area contributed by atoms with Crippen LogP contribution in [0.2, 0.25) is 0 Å². The highest BCUT2D eigenvalue weighted by molar-refractivity contribution is 9.10. The smallest absolute Gasteiger partial charge is 0.0635 e. The van der Waals surface area contributed by atoms with Gasteiger partial charge in [-0.1, -0.05) is 6.42 Å². The molecule has 1 N–H and O–H groups in total. The highest BCUT2D eigenvalue weighted by Crippen LogP contribution is 2.37. The summed E-state index contributed by atoms with van der Waals surface area (Å²) in [7, 11) is 1.92. The van der Waals surface area contributed by atoms with Gasteiger partial charge in [-0.3, -0.25) is 4.68 Å². The Hall–Kier alpha value is -0.350. The van der Waals surface area contributed by atoms with Crippen LogP contribution in [0.1, 0.15) is 30.9 Å². The van der Waals surface area contributed by atoms with Gasteiger partial charge in [-0.2, -0.15) is 5.10 Å². The van der Waals surface area contributed by atoms with Crippen molar-refractivity contribution >= 4 is 15.9 Å². The number of halogens is 1. The lowest BCUT2D eigenvalue weighted by Crippen LogP contribution is -2.15. The van der Waals surface area contributed by atoms with E-state index in [2.05, 4.69) is 21.0 Å². The Balaban J connectivity index is 2.33. The molecule has 1 aliphatic rings. The van der Waals surface area contributed by atoms with Crippen molar-refractivity contribution in [2.75, 3.05) is 0 Å². The second-order valence-electron chi connectivity index (χ2n) is 3.61. The second kappa shape index (κ2) is 3.42. The van der Waals surface area contributed by atoms with Gasteiger partial charge in [0.1, 0.15) is 0 Å². The first-order valence-corrected chi connectivity index (χ1v) is 5.35. The molecule has 72 valence electrons. The molecule has 0 saturated heterocycles. The molecule has 0 amide bonds. The van der Waals surface area contributed by atoms with Gasteiger partial charge >= 0.3 is 0 Å². The summed E-state index contributed by atoms with van der Waals surface area (Å²) >= 11 is 3.46. The van der Waals surface area contributed by atoms with Crippen molar-refractivity contribution in [2.24, 2.45) is 7.05 Å². The summed E-state index contributed by atoms with van der Waals surface area (Å²) < 4.78 is 2.87. The molecule has 0 aromatic carbocycles. The van der Waals surface area contributed by atoms with Gasteiger partial charge < -0.3 is 5.11 Å². The molecular weight excluding hydrogens is 232 g/mol. The van der Waals surface area contributed by atoms with Crippen LogP contribution in [0.25, 0.3) is 0 Å². The predicted octanol–water partition coefficient (Wildman–Crippen LogP) is 1.81. The summed E-state index contributed by atoms with van der Waals surface area (Å²) in [5, 5.41) is 13.9. The maximum Gasteiger partial charge on any atom is 0.0635 e. The van der Waals surface area contributed by atoms with Crippen LogP contribution >= 0.6 is 15.9 Å². The fourth-order valence-electron chi connectivity index (χ4n) is 2.10. The number of aryl methyl sites for hydroxylation is 1. The molecule has 3 nitrogen and oxygen atoms in total. The summed E-state index contributed by atoms with van der Waals surface area (Å²) in [6.07, 6.45) is 4.71. The van der Waals surface area contributed by atoms with Crippen LogP contribution < -0.4 is 0 Å². The second-order valence-corrected chi connectivity index (χ2v) is 4.46. The minimum atomic E-state index is -0.188. The standard InChI is InChI=1S/C9H13BrN2O/c1-12-9(7(10)5-11-12)6-3-2-4-8(6)13/h5-6,8,13H,2-4H2,1H3. The molecule has 1 aromatic heterocycles. The Morgan fingerprint density at radius 3 is 2.85 bits per heavy atom. The van der Waals surface area contributed by atoms with Crippen molar-refractivity contribution in [3.8, 4) is 0 Å². The average molecular weight is 245 g/mol. The van der Waals surface area contributed by atoms with Crippen LogP contribution in [0.15, 0.2) is 10.7 Å². The van der Waals surface area contributed by atoms with Gasteiger partial charge in [0.15, 0.2) is 0 Å². The first-order chi connectivity index (χ1) is 6.20.